The minimum Gasteiger partial charge on any atom is -0.387 e. The molecular weight excluding hydrogens is 340 g/mol. The van der Waals surface area contributed by atoms with Gasteiger partial charge in [-0.05, 0) is 0 Å². The van der Waals surface area contributed by atoms with E-state index >= 15 is 0 Å². The van der Waals surface area contributed by atoms with Crippen LogP contribution in [-0.2, 0) is 9.47 Å². The van der Waals surface area contributed by atoms with E-state index in [0.29, 0.717) is 13.1 Å². The van der Waals surface area contributed by atoms with Gasteiger partial charge in [-0.3, -0.25) is 24.1 Å². The van der Waals surface area contributed by atoms with Crippen molar-refractivity contribution in [3.05, 3.63) is 33.1 Å². The van der Waals surface area contributed by atoms with Crippen molar-refractivity contribution in [3.8, 4) is 12.3 Å². The Kier molecular flexibility index (Phi) is 4.46. The monoisotopic (exact) mass is 362 g/mol. The van der Waals surface area contributed by atoms with Crippen molar-refractivity contribution in [2.75, 3.05) is 45.9 Å². The quantitative estimate of drug-likeness (QED) is 0.587. The van der Waals surface area contributed by atoms with Crippen LogP contribution in [0.1, 0.15) is 6.23 Å². The maximum Gasteiger partial charge on any atom is 0.330 e. The number of hydrogen-bond acceptors (Lipinski definition) is 7. The third-order valence-corrected chi connectivity index (χ3v) is 5.40. The van der Waals surface area contributed by atoms with Crippen LogP contribution >= 0.6 is 0 Å². The zero-order chi connectivity index (χ0) is 18.3. The lowest BCUT2D eigenvalue weighted by Crippen LogP contribution is -2.55. The minimum atomic E-state index is -0.876. The first-order chi connectivity index (χ1) is 12.5. The summed E-state index contributed by atoms with van der Waals surface area (Å²) in [6, 6.07) is 1.25. The molecule has 3 aliphatic heterocycles. The summed E-state index contributed by atoms with van der Waals surface area (Å²) in [5, 5.41) is 10.7. The number of fused-ring (bicyclic) bond motifs is 2. The maximum atomic E-state index is 12.1. The summed E-state index contributed by atoms with van der Waals surface area (Å²) in [5.41, 5.74) is -1.93. The number of aromatic nitrogens is 2. The second kappa shape index (κ2) is 6.64. The van der Waals surface area contributed by atoms with Crippen molar-refractivity contribution in [2.24, 2.45) is 0 Å². The second-order valence-corrected chi connectivity index (χ2v) is 7.07. The van der Waals surface area contributed by atoms with Gasteiger partial charge < -0.3 is 14.6 Å². The van der Waals surface area contributed by atoms with Crippen LogP contribution < -0.4 is 11.2 Å². The summed E-state index contributed by atoms with van der Waals surface area (Å²) in [4.78, 5) is 30.0. The second-order valence-electron chi connectivity index (χ2n) is 7.07. The highest BCUT2D eigenvalue weighted by molar-refractivity contribution is 5.09. The molecule has 3 saturated heterocycles. The van der Waals surface area contributed by atoms with Crippen molar-refractivity contribution >= 4 is 0 Å². The van der Waals surface area contributed by atoms with Gasteiger partial charge >= 0.3 is 5.69 Å². The zero-order valence-electron chi connectivity index (χ0n) is 14.3. The molecule has 1 aromatic rings. The van der Waals surface area contributed by atoms with Crippen molar-refractivity contribution in [3.63, 3.8) is 0 Å². The van der Waals surface area contributed by atoms with Gasteiger partial charge in [0.2, 0.25) is 0 Å². The minimum absolute atomic E-state index is 0.276. The van der Waals surface area contributed by atoms with Gasteiger partial charge in [0.05, 0.1) is 13.2 Å². The summed E-state index contributed by atoms with van der Waals surface area (Å²) >= 11 is 0. The number of H-pyrrole nitrogens is 1. The normalized spacial score (nSPS) is 34.8. The molecule has 0 aliphatic carbocycles. The molecule has 26 heavy (non-hydrogen) atoms. The van der Waals surface area contributed by atoms with Gasteiger partial charge in [-0.1, -0.05) is 5.92 Å². The molecule has 0 amide bonds. The average Bonchev–Trinajstić information content (AvgIpc) is 3.06. The smallest absolute Gasteiger partial charge is 0.330 e. The molecule has 2 bridgehead atoms. The van der Waals surface area contributed by atoms with E-state index in [2.05, 4.69) is 20.7 Å². The molecule has 4 heterocycles. The summed E-state index contributed by atoms with van der Waals surface area (Å²) in [6.45, 7) is 4.81. The van der Waals surface area contributed by atoms with E-state index in [1.807, 2.05) is 0 Å². The van der Waals surface area contributed by atoms with Crippen LogP contribution in [-0.4, -0.2) is 88.1 Å². The lowest BCUT2D eigenvalue weighted by atomic mass is 9.98. The van der Waals surface area contributed by atoms with Crippen LogP contribution in [0.4, 0.5) is 0 Å². The fraction of sp³-hybridized carbons (Fsp3) is 0.647. The van der Waals surface area contributed by atoms with E-state index in [9.17, 15) is 14.7 Å². The van der Waals surface area contributed by atoms with Gasteiger partial charge in [-0.15, -0.1) is 6.42 Å². The first kappa shape index (κ1) is 17.5. The van der Waals surface area contributed by atoms with Crippen molar-refractivity contribution in [1.82, 2.24) is 19.4 Å². The molecule has 3 fully saturated rings. The molecule has 9 heteroatoms. The summed E-state index contributed by atoms with van der Waals surface area (Å²) in [7, 11) is 0. The first-order valence-corrected chi connectivity index (χ1v) is 8.69. The standard InChI is InChI=1S/C17H22N4O5/c1-2-4-19-6-8-20(9-7-19)10-17-11-25-13(14(17)23)15(26-17)21-5-3-12(22)18-16(21)24/h1,3,5,13-15,23H,4,6-11H2,(H,18,22,24)/t13-,14?,15+,17-/m0/s1. The van der Waals surface area contributed by atoms with E-state index in [1.165, 1.54) is 16.8 Å². The van der Waals surface area contributed by atoms with Crippen molar-refractivity contribution in [1.29, 1.82) is 0 Å². The summed E-state index contributed by atoms with van der Waals surface area (Å²) in [6.07, 6.45) is 4.50. The fourth-order valence-corrected chi connectivity index (χ4v) is 4.00. The van der Waals surface area contributed by atoms with Gasteiger partial charge in [0.1, 0.15) is 17.8 Å². The van der Waals surface area contributed by atoms with Gasteiger partial charge in [-0.25, -0.2) is 4.79 Å². The number of nitrogens with zero attached hydrogens (tertiary/aromatic N) is 3. The van der Waals surface area contributed by atoms with Crippen LogP contribution in [0.5, 0.6) is 0 Å². The number of aliphatic hydroxyl groups is 1. The van der Waals surface area contributed by atoms with E-state index in [-0.39, 0.29) is 6.61 Å². The van der Waals surface area contributed by atoms with Gasteiger partial charge in [0, 0.05) is 45.0 Å². The summed E-state index contributed by atoms with van der Waals surface area (Å²) < 4.78 is 13.1. The van der Waals surface area contributed by atoms with Crippen molar-refractivity contribution < 1.29 is 14.6 Å². The molecular formula is C17H22N4O5. The summed E-state index contributed by atoms with van der Waals surface area (Å²) in [5.74, 6) is 2.66. The number of piperazine rings is 1. The van der Waals surface area contributed by atoms with Gasteiger partial charge in [0.25, 0.3) is 5.56 Å². The number of aromatic amines is 1. The molecule has 0 saturated carbocycles. The Morgan fingerprint density at radius 1 is 1.31 bits per heavy atom. The highest BCUT2D eigenvalue weighted by Crippen LogP contribution is 2.44. The highest BCUT2D eigenvalue weighted by atomic mass is 16.6. The van der Waals surface area contributed by atoms with Crippen LogP contribution in [0.3, 0.4) is 0 Å². The number of aliphatic hydroxyl groups excluding tert-OH is 1. The van der Waals surface area contributed by atoms with E-state index in [0.717, 1.165) is 26.2 Å². The Morgan fingerprint density at radius 3 is 2.73 bits per heavy atom. The van der Waals surface area contributed by atoms with Crippen LogP contribution in [0, 0.1) is 12.3 Å². The zero-order valence-corrected chi connectivity index (χ0v) is 14.3. The van der Waals surface area contributed by atoms with Crippen molar-refractivity contribution in [2.45, 2.75) is 24.0 Å². The molecule has 9 nitrogen and oxygen atoms in total. The number of rotatable bonds is 4. The lowest BCUT2D eigenvalue weighted by molar-refractivity contribution is -0.182. The van der Waals surface area contributed by atoms with Crippen LogP contribution in [0.15, 0.2) is 21.9 Å². The predicted octanol–water partition coefficient (Wildman–Crippen LogP) is -2.19. The Morgan fingerprint density at radius 2 is 2.04 bits per heavy atom. The first-order valence-electron chi connectivity index (χ1n) is 8.69. The molecule has 140 valence electrons. The molecule has 0 aromatic carbocycles. The van der Waals surface area contributed by atoms with Crippen LogP contribution in [0.25, 0.3) is 0 Å². The Labute approximate surface area is 150 Å². The highest BCUT2D eigenvalue weighted by Gasteiger charge is 2.62. The molecule has 3 aliphatic rings. The Hall–Kier alpha value is -1.96. The van der Waals surface area contributed by atoms with E-state index in [1.54, 1.807) is 0 Å². The number of ether oxygens (including phenoxy) is 2. The SMILES string of the molecule is C#CCN1CCN(C[C@]23CO[C@@H](C2O)[C@H](n2ccc(=O)[nH]c2=O)O3)CC1. The Balaban J connectivity index is 1.48. The average molecular weight is 362 g/mol. The molecule has 1 aromatic heterocycles. The molecule has 0 spiro atoms. The maximum absolute atomic E-state index is 12.1. The van der Waals surface area contributed by atoms with E-state index in [4.69, 9.17) is 15.9 Å². The molecule has 1 unspecified atom stereocenters. The number of terminal acetylenes is 1. The largest absolute Gasteiger partial charge is 0.387 e. The molecule has 0 radical (unpaired) electrons. The molecule has 4 rings (SSSR count). The van der Waals surface area contributed by atoms with E-state index < -0.39 is 35.3 Å². The topological polar surface area (TPSA) is 100 Å². The fourth-order valence-electron chi connectivity index (χ4n) is 4.00. The van der Waals surface area contributed by atoms with Gasteiger partial charge in [0.15, 0.2) is 6.23 Å². The Bertz CT molecular complexity index is 821. The molecule has 4 atom stereocenters. The molecule has 2 N–H and O–H groups in total. The van der Waals surface area contributed by atoms with Crippen LogP contribution in [0.2, 0.25) is 0 Å². The third kappa shape index (κ3) is 2.90. The van der Waals surface area contributed by atoms with Gasteiger partial charge in [-0.2, -0.15) is 0 Å². The number of hydrogen-bond donors (Lipinski definition) is 2. The lowest BCUT2D eigenvalue weighted by Gasteiger charge is -2.39. The predicted molar refractivity (Wildman–Crippen MR) is 91.6 cm³/mol. The third-order valence-electron chi connectivity index (χ3n) is 5.40. The number of nitrogens with one attached hydrogen (secondary N) is 1.